The molecular formula is C26H21N5O2S. The molecule has 168 valence electrons. The highest BCUT2D eigenvalue weighted by molar-refractivity contribution is 7.90. The van der Waals surface area contributed by atoms with Crippen LogP contribution in [0.4, 0.5) is 5.82 Å². The van der Waals surface area contributed by atoms with Crippen LogP contribution in [0, 0.1) is 0 Å². The van der Waals surface area contributed by atoms with Gasteiger partial charge >= 0.3 is 0 Å². The predicted molar refractivity (Wildman–Crippen MR) is 133 cm³/mol. The summed E-state index contributed by atoms with van der Waals surface area (Å²) in [6.45, 7) is 0. The highest BCUT2D eigenvalue weighted by Gasteiger charge is 2.11. The van der Waals surface area contributed by atoms with Crippen LogP contribution >= 0.6 is 0 Å². The van der Waals surface area contributed by atoms with Gasteiger partial charge in [0.25, 0.3) is 0 Å². The van der Waals surface area contributed by atoms with Gasteiger partial charge in [-0.2, -0.15) is 5.10 Å². The fraction of sp³-hybridized carbons (Fsp3) is 0.0385. The molecule has 0 bridgehead atoms. The minimum Gasteiger partial charge on any atom is -0.383 e. The molecule has 0 radical (unpaired) electrons. The van der Waals surface area contributed by atoms with Crippen LogP contribution < -0.4 is 5.73 Å². The van der Waals surface area contributed by atoms with Gasteiger partial charge in [-0.3, -0.25) is 4.98 Å². The Morgan fingerprint density at radius 2 is 1.47 bits per heavy atom. The van der Waals surface area contributed by atoms with Crippen LogP contribution in [0.3, 0.4) is 0 Å². The van der Waals surface area contributed by atoms with Crippen molar-refractivity contribution in [3.8, 4) is 39.2 Å². The third kappa shape index (κ3) is 4.31. The van der Waals surface area contributed by atoms with E-state index < -0.39 is 9.84 Å². The van der Waals surface area contributed by atoms with Crippen LogP contribution in [-0.2, 0) is 9.84 Å². The molecule has 8 heteroatoms. The molecule has 3 aromatic heterocycles. The zero-order valence-corrected chi connectivity index (χ0v) is 19.1. The molecule has 3 heterocycles. The number of pyridine rings is 2. The van der Waals surface area contributed by atoms with E-state index in [1.807, 2.05) is 54.7 Å². The first-order valence-electron chi connectivity index (χ1n) is 10.5. The van der Waals surface area contributed by atoms with E-state index in [2.05, 4.69) is 15.1 Å². The Morgan fingerprint density at radius 3 is 2.09 bits per heavy atom. The van der Waals surface area contributed by atoms with Crippen LogP contribution in [0.25, 0.3) is 39.2 Å². The fourth-order valence-corrected chi connectivity index (χ4v) is 4.32. The highest BCUT2D eigenvalue weighted by Crippen LogP contribution is 2.31. The molecule has 2 aromatic carbocycles. The fourth-order valence-electron chi connectivity index (χ4n) is 3.69. The second kappa shape index (κ2) is 8.57. The SMILES string of the molecule is CS(=O)(=O)c1ccc(-c2cnc(N)c(-c3ccc(-c4ccc(-n5cccn5)cc4)nc3)c2)cc1. The van der Waals surface area contributed by atoms with Crippen molar-refractivity contribution in [1.29, 1.82) is 0 Å². The molecule has 0 unspecified atom stereocenters. The largest absolute Gasteiger partial charge is 0.383 e. The van der Waals surface area contributed by atoms with E-state index in [0.29, 0.717) is 5.82 Å². The second-order valence-corrected chi connectivity index (χ2v) is 9.90. The van der Waals surface area contributed by atoms with Gasteiger partial charge in [0.15, 0.2) is 9.84 Å². The van der Waals surface area contributed by atoms with Gasteiger partial charge in [-0.25, -0.2) is 18.1 Å². The minimum atomic E-state index is -3.25. The molecular weight excluding hydrogens is 446 g/mol. The van der Waals surface area contributed by atoms with Gasteiger partial charge in [0.05, 0.1) is 16.3 Å². The van der Waals surface area contributed by atoms with Crippen LogP contribution in [0.15, 0.2) is 102 Å². The number of nitrogen functional groups attached to an aromatic ring is 1. The van der Waals surface area contributed by atoms with Gasteiger partial charge in [0.1, 0.15) is 5.82 Å². The zero-order chi connectivity index (χ0) is 23.7. The Balaban J connectivity index is 1.42. The molecule has 0 aliphatic rings. The van der Waals surface area contributed by atoms with Crippen molar-refractivity contribution in [2.45, 2.75) is 4.90 Å². The summed E-state index contributed by atoms with van der Waals surface area (Å²) in [7, 11) is -3.25. The molecule has 0 saturated carbocycles. The van der Waals surface area contributed by atoms with Gasteiger partial charge < -0.3 is 5.73 Å². The molecule has 34 heavy (non-hydrogen) atoms. The molecule has 5 aromatic rings. The summed E-state index contributed by atoms with van der Waals surface area (Å²) >= 11 is 0. The van der Waals surface area contributed by atoms with Crippen molar-refractivity contribution < 1.29 is 8.42 Å². The summed E-state index contributed by atoms with van der Waals surface area (Å²) in [4.78, 5) is 9.24. The quantitative estimate of drug-likeness (QED) is 0.404. The number of rotatable bonds is 5. The summed E-state index contributed by atoms with van der Waals surface area (Å²) in [5, 5.41) is 4.24. The van der Waals surface area contributed by atoms with Crippen molar-refractivity contribution in [3.63, 3.8) is 0 Å². The van der Waals surface area contributed by atoms with Gasteiger partial charge in [0.2, 0.25) is 0 Å². The number of nitrogens with zero attached hydrogens (tertiary/aromatic N) is 4. The van der Waals surface area contributed by atoms with Crippen LogP contribution in [0.1, 0.15) is 0 Å². The van der Waals surface area contributed by atoms with Crippen molar-refractivity contribution >= 4 is 15.7 Å². The molecule has 0 aliphatic heterocycles. The van der Waals surface area contributed by atoms with Gasteiger partial charge in [-0.15, -0.1) is 0 Å². The second-order valence-electron chi connectivity index (χ2n) is 7.88. The molecule has 5 rings (SSSR count). The van der Waals surface area contributed by atoms with Crippen molar-refractivity contribution in [2.24, 2.45) is 0 Å². The number of aromatic nitrogens is 4. The Bertz CT molecular complexity index is 1540. The monoisotopic (exact) mass is 467 g/mol. The van der Waals surface area contributed by atoms with Gasteiger partial charge in [-0.1, -0.05) is 30.3 Å². The third-order valence-corrected chi connectivity index (χ3v) is 6.67. The minimum absolute atomic E-state index is 0.275. The van der Waals surface area contributed by atoms with E-state index in [0.717, 1.165) is 39.2 Å². The Hall–Kier alpha value is -4.30. The molecule has 0 saturated heterocycles. The van der Waals surface area contributed by atoms with E-state index >= 15 is 0 Å². The summed E-state index contributed by atoms with van der Waals surface area (Å²) in [6, 6.07) is 22.5. The normalized spacial score (nSPS) is 11.4. The smallest absolute Gasteiger partial charge is 0.175 e. The van der Waals surface area contributed by atoms with Crippen molar-refractivity contribution in [3.05, 3.63) is 97.6 Å². The van der Waals surface area contributed by atoms with Crippen molar-refractivity contribution in [2.75, 3.05) is 12.0 Å². The number of sulfone groups is 1. The maximum absolute atomic E-state index is 11.7. The Kier molecular flexibility index (Phi) is 5.43. The topological polar surface area (TPSA) is 104 Å². The first kappa shape index (κ1) is 21.5. The molecule has 0 amide bonds. The number of hydrogen-bond acceptors (Lipinski definition) is 6. The lowest BCUT2D eigenvalue weighted by Gasteiger charge is -2.10. The summed E-state index contributed by atoms with van der Waals surface area (Å²) in [6.07, 6.45) is 8.29. The first-order valence-corrected chi connectivity index (χ1v) is 12.4. The summed E-state index contributed by atoms with van der Waals surface area (Å²) in [5.74, 6) is 0.398. The average Bonchev–Trinajstić information content (AvgIpc) is 3.39. The summed E-state index contributed by atoms with van der Waals surface area (Å²) < 4.78 is 25.3. The van der Waals surface area contributed by atoms with E-state index in [4.69, 9.17) is 5.73 Å². The maximum Gasteiger partial charge on any atom is 0.175 e. The molecule has 0 spiro atoms. The van der Waals surface area contributed by atoms with E-state index in [-0.39, 0.29) is 4.90 Å². The standard InChI is InChI=1S/C26H21N5O2S/c1-34(32,33)23-10-5-18(6-11-23)21-15-24(26(27)29-17-21)20-7-12-25(28-16-20)19-3-8-22(9-4-19)31-14-2-13-30-31/h2-17H,1H3,(H2,27,29). The molecule has 0 atom stereocenters. The molecule has 0 fully saturated rings. The van der Waals surface area contributed by atoms with Crippen LogP contribution in [-0.4, -0.2) is 34.4 Å². The van der Waals surface area contributed by atoms with Crippen molar-refractivity contribution in [1.82, 2.24) is 19.7 Å². The Labute approximate surface area is 197 Å². The predicted octanol–water partition coefficient (Wildman–Crippen LogP) is 4.65. The molecule has 2 N–H and O–H groups in total. The lowest BCUT2D eigenvalue weighted by Crippen LogP contribution is -1.97. The van der Waals surface area contributed by atoms with Gasteiger partial charge in [-0.05, 0) is 48.0 Å². The number of hydrogen-bond donors (Lipinski definition) is 1. The van der Waals surface area contributed by atoms with Gasteiger partial charge in [0, 0.05) is 53.3 Å². The number of nitrogens with two attached hydrogens (primary N) is 1. The van der Waals surface area contributed by atoms with E-state index in [9.17, 15) is 8.42 Å². The van der Waals surface area contributed by atoms with E-state index in [1.165, 1.54) is 6.26 Å². The lowest BCUT2D eigenvalue weighted by atomic mass is 10.0. The first-order chi connectivity index (χ1) is 16.4. The molecule has 7 nitrogen and oxygen atoms in total. The third-order valence-electron chi connectivity index (χ3n) is 5.54. The molecule has 0 aliphatic carbocycles. The Morgan fingerprint density at radius 1 is 0.794 bits per heavy atom. The average molecular weight is 468 g/mol. The number of benzene rings is 2. The van der Waals surface area contributed by atoms with Crippen LogP contribution in [0.5, 0.6) is 0 Å². The zero-order valence-electron chi connectivity index (χ0n) is 18.3. The highest BCUT2D eigenvalue weighted by atomic mass is 32.2. The maximum atomic E-state index is 11.7. The summed E-state index contributed by atoms with van der Waals surface area (Å²) in [5.41, 5.74) is 12.3. The van der Waals surface area contributed by atoms with Crippen LogP contribution in [0.2, 0.25) is 0 Å². The lowest BCUT2D eigenvalue weighted by molar-refractivity contribution is 0.602. The van der Waals surface area contributed by atoms with E-state index in [1.54, 1.807) is 47.5 Å². The number of anilines is 1.